The Bertz CT molecular complexity index is 505. The molecular formula is C11H8INO2. The maximum Gasteiger partial charge on any atom is 0.352 e. The zero-order valence-corrected chi connectivity index (χ0v) is 9.86. The van der Waals surface area contributed by atoms with E-state index in [1.807, 2.05) is 24.3 Å². The second-order valence-electron chi connectivity index (χ2n) is 3.08. The molecule has 0 aliphatic carbocycles. The fourth-order valence-corrected chi connectivity index (χ4v) is 1.99. The van der Waals surface area contributed by atoms with Gasteiger partial charge < -0.3 is 10.1 Å². The van der Waals surface area contributed by atoms with Gasteiger partial charge in [0.05, 0.1) is 0 Å². The van der Waals surface area contributed by atoms with Crippen molar-refractivity contribution in [3.63, 3.8) is 0 Å². The van der Waals surface area contributed by atoms with Crippen LogP contribution in [0.1, 0.15) is 10.5 Å². The molecular weight excluding hydrogens is 305 g/mol. The van der Waals surface area contributed by atoms with Crippen LogP contribution in [-0.2, 0) is 0 Å². The molecule has 1 aromatic carbocycles. The number of nitrogens with one attached hydrogen (secondary N) is 1. The number of aromatic amines is 1. The van der Waals surface area contributed by atoms with Gasteiger partial charge in [-0.3, -0.25) is 0 Å². The minimum absolute atomic E-state index is 0.233. The molecule has 2 aromatic rings. The zero-order chi connectivity index (χ0) is 10.8. The van der Waals surface area contributed by atoms with Gasteiger partial charge in [0.25, 0.3) is 0 Å². The van der Waals surface area contributed by atoms with E-state index in [0.29, 0.717) is 0 Å². The number of rotatable bonds is 2. The Balaban J connectivity index is 2.54. The minimum atomic E-state index is -0.936. The standard InChI is InChI=1S/C11H8INO2/c12-8-3-1-2-7(6-8)9-4-5-13-10(9)11(14)15/h1-6,13H,(H,14,15). The topological polar surface area (TPSA) is 53.1 Å². The number of carboxylic acid groups (broad SMARTS) is 1. The average molecular weight is 313 g/mol. The zero-order valence-electron chi connectivity index (χ0n) is 7.70. The van der Waals surface area contributed by atoms with Gasteiger partial charge in [-0.2, -0.15) is 0 Å². The number of hydrogen-bond donors (Lipinski definition) is 2. The second-order valence-corrected chi connectivity index (χ2v) is 4.33. The van der Waals surface area contributed by atoms with E-state index in [-0.39, 0.29) is 5.69 Å². The molecule has 0 fully saturated rings. The third-order valence-corrected chi connectivity index (χ3v) is 2.77. The van der Waals surface area contributed by atoms with Crippen molar-refractivity contribution in [3.05, 3.63) is 45.8 Å². The lowest BCUT2D eigenvalue weighted by Crippen LogP contribution is -1.98. The van der Waals surface area contributed by atoms with Gasteiger partial charge in [0, 0.05) is 15.3 Å². The third kappa shape index (κ3) is 2.04. The Morgan fingerprint density at radius 3 is 2.80 bits per heavy atom. The molecule has 0 saturated carbocycles. The van der Waals surface area contributed by atoms with Gasteiger partial charge in [0.2, 0.25) is 0 Å². The maximum absolute atomic E-state index is 10.9. The first kappa shape index (κ1) is 10.2. The van der Waals surface area contributed by atoms with E-state index in [1.54, 1.807) is 12.3 Å². The number of aromatic carboxylic acids is 1. The summed E-state index contributed by atoms with van der Waals surface area (Å²) in [5.74, 6) is -0.936. The van der Waals surface area contributed by atoms with Gasteiger partial charge >= 0.3 is 5.97 Å². The van der Waals surface area contributed by atoms with Crippen molar-refractivity contribution < 1.29 is 9.90 Å². The molecule has 0 amide bonds. The quantitative estimate of drug-likeness (QED) is 0.838. The minimum Gasteiger partial charge on any atom is -0.477 e. The Labute approximate surface area is 100 Å². The molecule has 2 rings (SSSR count). The number of halogens is 1. The van der Waals surface area contributed by atoms with Crippen LogP contribution >= 0.6 is 22.6 Å². The molecule has 0 spiro atoms. The summed E-state index contributed by atoms with van der Waals surface area (Å²) in [5.41, 5.74) is 1.87. The van der Waals surface area contributed by atoms with E-state index in [0.717, 1.165) is 14.7 Å². The lowest BCUT2D eigenvalue weighted by molar-refractivity contribution is 0.0692. The van der Waals surface area contributed by atoms with Crippen LogP contribution in [0.15, 0.2) is 36.5 Å². The van der Waals surface area contributed by atoms with Crippen LogP contribution in [0.3, 0.4) is 0 Å². The normalized spacial score (nSPS) is 10.2. The van der Waals surface area contributed by atoms with Crippen LogP contribution in [0.4, 0.5) is 0 Å². The van der Waals surface area contributed by atoms with Gasteiger partial charge in [-0.25, -0.2) is 4.79 Å². The average Bonchev–Trinajstić information content (AvgIpc) is 2.65. The SMILES string of the molecule is O=C(O)c1[nH]ccc1-c1cccc(I)c1. The predicted molar refractivity (Wildman–Crippen MR) is 65.9 cm³/mol. The van der Waals surface area contributed by atoms with E-state index in [1.165, 1.54) is 0 Å². The molecule has 0 saturated heterocycles. The molecule has 0 aliphatic rings. The molecule has 0 bridgehead atoms. The largest absolute Gasteiger partial charge is 0.477 e. The number of carboxylic acids is 1. The maximum atomic E-state index is 10.9. The van der Waals surface area contributed by atoms with Crippen LogP contribution in [-0.4, -0.2) is 16.1 Å². The summed E-state index contributed by atoms with van der Waals surface area (Å²) in [6.07, 6.45) is 1.64. The molecule has 15 heavy (non-hydrogen) atoms. The van der Waals surface area contributed by atoms with E-state index >= 15 is 0 Å². The van der Waals surface area contributed by atoms with Gasteiger partial charge in [0.1, 0.15) is 5.69 Å². The van der Waals surface area contributed by atoms with E-state index in [4.69, 9.17) is 5.11 Å². The van der Waals surface area contributed by atoms with E-state index in [2.05, 4.69) is 27.6 Å². The van der Waals surface area contributed by atoms with Crippen molar-refractivity contribution in [1.82, 2.24) is 4.98 Å². The summed E-state index contributed by atoms with van der Waals surface area (Å²) in [5, 5.41) is 8.95. The molecule has 0 radical (unpaired) electrons. The molecule has 1 heterocycles. The van der Waals surface area contributed by atoms with E-state index < -0.39 is 5.97 Å². The molecule has 3 nitrogen and oxygen atoms in total. The van der Waals surface area contributed by atoms with Crippen LogP contribution < -0.4 is 0 Å². The first-order valence-corrected chi connectivity index (χ1v) is 5.43. The summed E-state index contributed by atoms with van der Waals surface area (Å²) in [4.78, 5) is 13.6. The summed E-state index contributed by atoms with van der Waals surface area (Å²) in [6, 6.07) is 9.51. The number of H-pyrrole nitrogens is 1. The first-order chi connectivity index (χ1) is 7.18. The molecule has 2 N–H and O–H groups in total. The number of carbonyl (C=O) groups is 1. The molecule has 76 valence electrons. The van der Waals surface area contributed by atoms with Crippen molar-refractivity contribution in [3.8, 4) is 11.1 Å². The third-order valence-electron chi connectivity index (χ3n) is 2.10. The number of aromatic nitrogens is 1. The van der Waals surface area contributed by atoms with Crippen LogP contribution in [0, 0.1) is 3.57 Å². The van der Waals surface area contributed by atoms with Gasteiger partial charge in [0.15, 0.2) is 0 Å². The second kappa shape index (κ2) is 4.06. The van der Waals surface area contributed by atoms with Crippen molar-refractivity contribution in [2.45, 2.75) is 0 Å². The van der Waals surface area contributed by atoms with Gasteiger partial charge in [-0.05, 0) is 46.4 Å². The van der Waals surface area contributed by atoms with Gasteiger partial charge in [-0.1, -0.05) is 12.1 Å². The molecule has 4 heteroatoms. The summed E-state index contributed by atoms with van der Waals surface area (Å²) < 4.78 is 1.09. The van der Waals surface area contributed by atoms with Crippen LogP contribution in [0.5, 0.6) is 0 Å². The van der Waals surface area contributed by atoms with E-state index in [9.17, 15) is 4.79 Å². The smallest absolute Gasteiger partial charge is 0.352 e. The van der Waals surface area contributed by atoms with Gasteiger partial charge in [-0.15, -0.1) is 0 Å². The monoisotopic (exact) mass is 313 g/mol. The lowest BCUT2D eigenvalue weighted by atomic mass is 10.1. The highest BCUT2D eigenvalue weighted by Gasteiger charge is 2.12. The molecule has 0 atom stereocenters. The fourth-order valence-electron chi connectivity index (χ4n) is 1.44. The molecule has 1 aromatic heterocycles. The summed E-state index contributed by atoms with van der Waals surface area (Å²) >= 11 is 2.20. The Kier molecular flexibility index (Phi) is 2.77. The number of benzene rings is 1. The van der Waals surface area contributed by atoms with Crippen LogP contribution in [0.2, 0.25) is 0 Å². The predicted octanol–water partition coefficient (Wildman–Crippen LogP) is 2.98. The Hall–Kier alpha value is -1.30. The summed E-state index contributed by atoms with van der Waals surface area (Å²) in [7, 11) is 0. The van der Waals surface area contributed by atoms with Crippen LogP contribution in [0.25, 0.3) is 11.1 Å². The lowest BCUT2D eigenvalue weighted by Gasteiger charge is -2.00. The number of hydrogen-bond acceptors (Lipinski definition) is 1. The van der Waals surface area contributed by atoms with Crippen molar-refractivity contribution in [1.29, 1.82) is 0 Å². The Morgan fingerprint density at radius 1 is 1.33 bits per heavy atom. The Morgan fingerprint density at radius 2 is 2.13 bits per heavy atom. The van der Waals surface area contributed by atoms with Crippen molar-refractivity contribution in [2.24, 2.45) is 0 Å². The fraction of sp³-hybridized carbons (Fsp3) is 0. The summed E-state index contributed by atoms with van der Waals surface area (Å²) in [6.45, 7) is 0. The molecule has 0 unspecified atom stereocenters. The highest BCUT2D eigenvalue weighted by atomic mass is 127. The highest BCUT2D eigenvalue weighted by molar-refractivity contribution is 14.1. The molecule has 0 aliphatic heterocycles. The van der Waals surface area contributed by atoms with Crippen molar-refractivity contribution >= 4 is 28.6 Å². The highest BCUT2D eigenvalue weighted by Crippen LogP contribution is 2.24. The van der Waals surface area contributed by atoms with Crippen molar-refractivity contribution in [2.75, 3.05) is 0 Å². The first-order valence-electron chi connectivity index (χ1n) is 4.35.